The summed E-state index contributed by atoms with van der Waals surface area (Å²) >= 11 is 0. The smallest absolute Gasteiger partial charge is 0.264 e. The van der Waals surface area contributed by atoms with Crippen molar-refractivity contribution in [2.24, 2.45) is 0 Å². The Labute approximate surface area is 230 Å². The first-order chi connectivity index (χ1) is 18.5. The van der Waals surface area contributed by atoms with Crippen LogP contribution in [-0.2, 0) is 24.8 Å². The first-order valence-corrected chi connectivity index (χ1v) is 15.5. The Morgan fingerprint density at radius 3 is 2.13 bits per heavy atom. The number of carbonyl (C=O) groups excluding carboxylic acids is 1. The van der Waals surface area contributed by atoms with Crippen molar-refractivity contribution in [3.63, 3.8) is 0 Å². The number of nitrogens with zero attached hydrogens (tertiary/aromatic N) is 2. The molecule has 1 aliphatic heterocycles. The fourth-order valence-electron chi connectivity index (χ4n) is 4.65. The molecule has 1 heterocycles. The molecular formula is C28H33N3O6S2. The lowest BCUT2D eigenvalue weighted by molar-refractivity contribution is -0.114. The van der Waals surface area contributed by atoms with Crippen molar-refractivity contribution in [3.8, 4) is 5.75 Å². The number of carbonyl (C=O) groups is 1. The Morgan fingerprint density at radius 2 is 1.51 bits per heavy atom. The minimum absolute atomic E-state index is 0.0311. The first kappa shape index (κ1) is 28.6. The summed E-state index contributed by atoms with van der Waals surface area (Å²) < 4.78 is 61.6. The van der Waals surface area contributed by atoms with Gasteiger partial charge in [0.1, 0.15) is 12.3 Å². The zero-order chi connectivity index (χ0) is 28.2. The van der Waals surface area contributed by atoms with Crippen LogP contribution in [0, 0.1) is 13.8 Å². The van der Waals surface area contributed by atoms with E-state index < -0.39 is 32.5 Å². The normalized spacial score (nSPS) is 14.5. The molecule has 39 heavy (non-hydrogen) atoms. The molecule has 0 saturated carbocycles. The number of methoxy groups -OCH3 is 1. The quantitative estimate of drug-likeness (QED) is 0.409. The van der Waals surface area contributed by atoms with E-state index in [1.807, 2.05) is 19.9 Å². The van der Waals surface area contributed by atoms with Crippen molar-refractivity contribution in [2.45, 2.75) is 42.9 Å². The maximum atomic E-state index is 13.7. The number of ether oxygens (including phenoxy) is 1. The molecule has 0 bridgehead atoms. The summed E-state index contributed by atoms with van der Waals surface area (Å²) in [6.45, 7) is 4.05. The Hall–Kier alpha value is -3.41. The van der Waals surface area contributed by atoms with Crippen molar-refractivity contribution < 1.29 is 26.4 Å². The van der Waals surface area contributed by atoms with Crippen LogP contribution in [0.4, 0.5) is 11.4 Å². The van der Waals surface area contributed by atoms with Gasteiger partial charge in [-0.3, -0.25) is 9.10 Å². The van der Waals surface area contributed by atoms with E-state index in [1.165, 1.54) is 41.7 Å². The average molecular weight is 572 g/mol. The lowest BCUT2D eigenvalue weighted by Crippen LogP contribution is -2.38. The molecule has 3 aromatic rings. The van der Waals surface area contributed by atoms with Gasteiger partial charge in [-0.2, -0.15) is 4.31 Å². The monoisotopic (exact) mass is 571 g/mol. The van der Waals surface area contributed by atoms with Crippen molar-refractivity contribution in [1.29, 1.82) is 0 Å². The van der Waals surface area contributed by atoms with Gasteiger partial charge in [0.25, 0.3) is 10.0 Å². The van der Waals surface area contributed by atoms with Gasteiger partial charge in [0, 0.05) is 13.1 Å². The number of hydrogen-bond donors (Lipinski definition) is 1. The number of piperidine rings is 1. The van der Waals surface area contributed by atoms with Crippen LogP contribution in [-0.4, -0.2) is 53.8 Å². The molecule has 9 nitrogen and oxygen atoms in total. The number of sulfonamides is 2. The third kappa shape index (κ3) is 6.43. The lowest BCUT2D eigenvalue weighted by atomic mass is 10.1. The summed E-state index contributed by atoms with van der Waals surface area (Å²) in [5.41, 5.74) is 2.17. The van der Waals surface area contributed by atoms with Crippen LogP contribution in [0.5, 0.6) is 5.75 Å². The summed E-state index contributed by atoms with van der Waals surface area (Å²) in [7, 11) is -6.45. The minimum atomic E-state index is -4.10. The van der Waals surface area contributed by atoms with Crippen LogP contribution in [0.25, 0.3) is 0 Å². The summed E-state index contributed by atoms with van der Waals surface area (Å²) in [5.74, 6) is -0.399. The van der Waals surface area contributed by atoms with E-state index in [9.17, 15) is 21.6 Å². The number of rotatable bonds is 9. The van der Waals surface area contributed by atoms with E-state index in [0.29, 0.717) is 18.8 Å². The molecule has 3 aromatic carbocycles. The Morgan fingerprint density at radius 1 is 0.872 bits per heavy atom. The number of amides is 1. The van der Waals surface area contributed by atoms with Crippen molar-refractivity contribution >= 4 is 37.3 Å². The minimum Gasteiger partial charge on any atom is -0.495 e. The van der Waals surface area contributed by atoms with E-state index in [1.54, 1.807) is 30.3 Å². The molecule has 1 saturated heterocycles. The molecule has 0 unspecified atom stereocenters. The zero-order valence-electron chi connectivity index (χ0n) is 22.3. The number of hydrogen-bond acceptors (Lipinski definition) is 6. The van der Waals surface area contributed by atoms with Crippen LogP contribution >= 0.6 is 0 Å². The topological polar surface area (TPSA) is 113 Å². The van der Waals surface area contributed by atoms with Gasteiger partial charge in [-0.05, 0) is 80.3 Å². The van der Waals surface area contributed by atoms with Gasteiger partial charge in [0.05, 0.1) is 28.3 Å². The van der Waals surface area contributed by atoms with E-state index in [0.717, 1.165) is 34.7 Å². The summed E-state index contributed by atoms with van der Waals surface area (Å²) in [5, 5.41) is 2.68. The van der Waals surface area contributed by atoms with Crippen LogP contribution in [0.1, 0.15) is 30.4 Å². The predicted molar refractivity (Wildman–Crippen MR) is 151 cm³/mol. The van der Waals surface area contributed by atoms with Gasteiger partial charge >= 0.3 is 0 Å². The van der Waals surface area contributed by atoms with E-state index in [4.69, 9.17) is 4.74 Å². The average Bonchev–Trinajstić information content (AvgIpc) is 2.92. The zero-order valence-corrected chi connectivity index (χ0v) is 23.9. The molecule has 4 rings (SSSR count). The van der Waals surface area contributed by atoms with Gasteiger partial charge in [0.2, 0.25) is 15.9 Å². The van der Waals surface area contributed by atoms with Gasteiger partial charge < -0.3 is 10.1 Å². The standard InChI is InChI=1S/C28H33N3O6S2/c1-21-16-22(2)18-23(17-21)31(39(35,36)24-10-6-4-7-11-24)20-28(32)29-26-19-25(12-13-27(26)37-3)38(33,34)30-14-8-5-9-15-30/h4,6-7,10-13,16-19H,5,8-9,14-15,20H2,1-3H3,(H,29,32). The van der Waals surface area contributed by atoms with Gasteiger partial charge in [-0.15, -0.1) is 0 Å². The van der Waals surface area contributed by atoms with Crippen LogP contribution < -0.4 is 14.4 Å². The largest absolute Gasteiger partial charge is 0.495 e. The molecule has 0 spiro atoms. The number of anilines is 2. The highest BCUT2D eigenvalue weighted by atomic mass is 32.2. The van der Waals surface area contributed by atoms with E-state index >= 15 is 0 Å². The molecule has 1 N–H and O–H groups in total. The highest BCUT2D eigenvalue weighted by Crippen LogP contribution is 2.31. The molecule has 208 valence electrons. The molecule has 1 amide bonds. The predicted octanol–water partition coefficient (Wildman–Crippen LogP) is 4.32. The fourth-order valence-corrected chi connectivity index (χ4v) is 7.62. The van der Waals surface area contributed by atoms with Crippen LogP contribution in [0.15, 0.2) is 76.5 Å². The molecule has 0 atom stereocenters. The fraction of sp³-hybridized carbons (Fsp3) is 0.321. The van der Waals surface area contributed by atoms with E-state index in [-0.39, 0.29) is 21.2 Å². The second-order valence-corrected chi connectivity index (χ2v) is 13.3. The first-order valence-electron chi connectivity index (χ1n) is 12.7. The molecule has 0 aliphatic carbocycles. The summed E-state index contributed by atoms with van der Waals surface area (Å²) in [6.07, 6.45) is 2.57. The molecular weight excluding hydrogens is 538 g/mol. The second-order valence-electron chi connectivity index (χ2n) is 9.55. The number of aryl methyl sites for hydroxylation is 2. The summed E-state index contributed by atoms with van der Waals surface area (Å²) in [6, 6.07) is 17.5. The molecule has 1 fully saturated rings. The maximum Gasteiger partial charge on any atom is 0.264 e. The third-order valence-electron chi connectivity index (χ3n) is 6.51. The Balaban J connectivity index is 1.67. The highest BCUT2D eigenvalue weighted by Gasteiger charge is 2.29. The van der Waals surface area contributed by atoms with Crippen molar-refractivity contribution in [2.75, 3.05) is 36.4 Å². The van der Waals surface area contributed by atoms with Gasteiger partial charge in [-0.1, -0.05) is 30.7 Å². The summed E-state index contributed by atoms with van der Waals surface area (Å²) in [4.78, 5) is 13.4. The SMILES string of the molecule is COc1ccc(S(=O)(=O)N2CCCCC2)cc1NC(=O)CN(c1cc(C)cc(C)c1)S(=O)(=O)c1ccccc1. The molecule has 0 aromatic heterocycles. The second kappa shape index (κ2) is 11.8. The van der Waals surface area contributed by atoms with Gasteiger partial charge in [-0.25, -0.2) is 16.8 Å². The number of nitrogens with one attached hydrogen (secondary N) is 1. The molecule has 11 heteroatoms. The third-order valence-corrected chi connectivity index (χ3v) is 10.2. The Kier molecular flexibility index (Phi) is 8.63. The molecule has 0 radical (unpaired) electrons. The van der Waals surface area contributed by atoms with Crippen LogP contribution in [0.3, 0.4) is 0 Å². The van der Waals surface area contributed by atoms with Crippen molar-refractivity contribution in [3.05, 3.63) is 77.9 Å². The number of benzene rings is 3. The highest BCUT2D eigenvalue weighted by molar-refractivity contribution is 7.92. The van der Waals surface area contributed by atoms with Crippen molar-refractivity contribution in [1.82, 2.24) is 4.31 Å². The van der Waals surface area contributed by atoms with Gasteiger partial charge in [0.15, 0.2) is 0 Å². The van der Waals surface area contributed by atoms with E-state index in [2.05, 4.69) is 5.32 Å². The maximum absolute atomic E-state index is 13.7. The lowest BCUT2D eigenvalue weighted by Gasteiger charge is -2.26. The van der Waals surface area contributed by atoms with Crippen LogP contribution in [0.2, 0.25) is 0 Å². The molecule has 1 aliphatic rings. The Bertz CT molecular complexity index is 1530.